The summed E-state index contributed by atoms with van der Waals surface area (Å²) in [5.74, 6) is 1.84. The minimum Gasteiger partial charge on any atom is -0.497 e. The number of benzene rings is 1. The van der Waals surface area contributed by atoms with E-state index in [0.29, 0.717) is 29.5 Å². The van der Waals surface area contributed by atoms with Crippen LogP contribution >= 0.6 is 11.6 Å². The molecule has 0 aliphatic rings. The van der Waals surface area contributed by atoms with E-state index in [2.05, 4.69) is 5.32 Å². The lowest BCUT2D eigenvalue weighted by molar-refractivity contribution is -0.116. The lowest BCUT2D eigenvalue weighted by Crippen LogP contribution is -2.11. The lowest BCUT2D eigenvalue weighted by atomic mass is 10.2. The third-order valence-corrected chi connectivity index (χ3v) is 2.69. The van der Waals surface area contributed by atoms with Gasteiger partial charge in [0.15, 0.2) is 0 Å². The van der Waals surface area contributed by atoms with E-state index in [9.17, 15) is 4.79 Å². The van der Waals surface area contributed by atoms with Gasteiger partial charge in [0.1, 0.15) is 11.5 Å². The number of methoxy groups -OCH3 is 2. The topological polar surface area (TPSA) is 47.6 Å². The maximum Gasteiger partial charge on any atom is 0.224 e. The third kappa shape index (κ3) is 4.84. The molecule has 0 radical (unpaired) electrons. The van der Waals surface area contributed by atoms with Gasteiger partial charge in [-0.15, -0.1) is 11.6 Å². The molecule has 0 aliphatic heterocycles. The molecule has 1 aromatic carbocycles. The van der Waals surface area contributed by atoms with Crippen molar-refractivity contribution in [2.24, 2.45) is 0 Å². The molecule has 0 bridgehead atoms. The molecule has 1 N–H and O–H groups in total. The molecule has 0 fully saturated rings. The Labute approximate surface area is 112 Å². The van der Waals surface area contributed by atoms with Gasteiger partial charge >= 0.3 is 0 Å². The SMILES string of the molecule is COc1cc(NC(=O)CCCCCl)cc(OC)c1. The van der Waals surface area contributed by atoms with Crippen molar-refractivity contribution in [2.75, 3.05) is 25.4 Å². The fourth-order valence-electron chi connectivity index (χ4n) is 1.48. The van der Waals surface area contributed by atoms with Crippen LogP contribution in [0, 0.1) is 0 Å². The highest BCUT2D eigenvalue weighted by atomic mass is 35.5. The average molecular weight is 272 g/mol. The number of anilines is 1. The molecule has 0 heterocycles. The van der Waals surface area contributed by atoms with E-state index >= 15 is 0 Å². The Morgan fingerprint density at radius 2 is 1.78 bits per heavy atom. The minimum absolute atomic E-state index is 0.0320. The molecule has 5 heteroatoms. The Bertz CT molecular complexity index is 374. The number of ether oxygens (including phenoxy) is 2. The van der Waals surface area contributed by atoms with Crippen LogP contribution in [0.15, 0.2) is 18.2 Å². The van der Waals surface area contributed by atoms with Crippen LogP contribution in [0.3, 0.4) is 0 Å². The maximum absolute atomic E-state index is 11.7. The first-order chi connectivity index (χ1) is 8.69. The normalized spacial score (nSPS) is 9.94. The Morgan fingerprint density at radius 3 is 2.28 bits per heavy atom. The van der Waals surface area contributed by atoms with Crippen LogP contribution < -0.4 is 14.8 Å². The first-order valence-electron chi connectivity index (χ1n) is 5.78. The molecule has 1 aromatic rings. The molecule has 0 saturated heterocycles. The van der Waals surface area contributed by atoms with E-state index in [4.69, 9.17) is 21.1 Å². The summed E-state index contributed by atoms with van der Waals surface area (Å²) in [7, 11) is 3.14. The molecular weight excluding hydrogens is 254 g/mol. The second-order valence-corrected chi connectivity index (χ2v) is 4.17. The number of carbonyl (C=O) groups excluding carboxylic acids is 1. The van der Waals surface area contributed by atoms with Crippen LogP contribution in [0.5, 0.6) is 11.5 Å². The van der Waals surface area contributed by atoms with Gasteiger partial charge < -0.3 is 14.8 Å². The predicted molar refractivity (Wildman–Crippen MR) is 72.7 cm³/mol. The highest BCUT2D eigenvalue weighted by Crippen LogP contribution is 2.25. The third-order valence-electron chi connectivity index (χ3n) is 2.42. The van der Waals surface area contributed by atoms with Crippen LogP contribution in [0.25, 0.3) is 0 Å². The van der Waals surface area contributed by atoms with Crippen molar-refractivity contribution in [3.05, 3.63) is 18.2 Å². The van der Waals surface area contributed by atoms with E-state index in [1.54, 1.807) is 32.4 Å². The van der Waals surface area contributed by atoms with Crippen molar-refractivity contribution in [1.82, 2.24) is 0 Å². The van der Waals surface area contributed by atoms with E-state index < -0.39 is 0 Å². The molecule has 0 aromatic heterocycles. The standard InChI is InChI=1S/C13H18ClNO3/c1-17-11-7-10(8-12(9-11)18-2)15-13(16)5-3-4-6-14/h7-9H,3-6H2,1-2H3,(H,15,16). The average Bonchev–Trinajstić information content (AvgIpc) is 2.38. The Hall–Kier alpha value is -1.42. The smallest absolute Gasteiger partial charge is 0.224 e. The summed E-state index contributed by atoms with van der Waals surface area (Å²) in [6, 6.07) is 5.26. The van der Waals surface area contributed by atoms with Gasteiger partial charge in [0, 0.05) is 36.2 Å². The summed E-state index contributed by atoms with van der Waals surface area (Å²) in [5, 5.41) is 2.81. The van der Waals surface area contributed by atoms with Crippen molar-refractivity contribution in [3.63, 3.8) is 0 Å². The monoisotopic (exact) mass is 271 g/mol. The van der Waals surface area contributed by atoms with Gasteiger partial charge in [-0.1, -0.05) is 0 Å². The van der Waals surface area contributed by atoms with Gasteiger partial charge in [-0.05, 0) is 12.8 Å². The van der Waals surface area contributed by atoms with Gasteiger partial charge in [-0.25, -0.2) is 0 Å². The number of nitrogens with one attached hydrogen (secondary N) is 1. The number of rotatable bonds is 7. The first kappa shape index (κ1) is 14.6. The van der Waals surface area contributed by atoms with Crippen molar-refractivity contribution >= 4 is 23.2 Å². The summed E-state index contributed by atoms with van der Waals surface area (Å²) < 4.78 is 10.3. The highest BCUT2D eigenvalue weighted by molar-refractivity contribution is 6.17. The van der Waals surface area contributed by atoms with Gasteiger partial charge in [-0.3, -0.25) is 4.79 Å². The second-order valence-electron chi connectivity index (χ2n) is 3.80. The van der Waals surface area contributed by atoms with Crippen molar-refractivity contribution in [1.29, 1.82) is 0 Å². The van der Waals surface area contributed by atoms with E-state index in [-0.39, 0.29) is 5.91 Å². The van der Waals surface area contributed by atoms with Crippen LogP contribution in [-0.4, -0.2) is 26.0 Å². The molecule has 0 saturated carbocycles. The molecule has 100 valence electrons. The van der Waals surface area contributed by atoms with E-state index in [1.807, 2.05) is 0 Å². The van der Waals surface area contributed by atoms with E-state index in [0.717, 1.165) is 12.8 Å². The summed E-state index contributed by atoms with van der Waals surface area (Å²) >= 11 is 5.56. The highest BCUT2D eigenvalue weighted by Gasteiger charge is 2.05. The fourth-order valence-corrected chi connectivity index (χ4v) is 1.67. The molecular formula is C13H18ClNO3. The molecule has 0 unspecified atom stereocenters. The summed E-state index contributed by atoms with van der Waals surface area (Å²) in [6.45, 7) is 0. The second kappa shape index (κ2) is 7.82. The predicted octanol–water partition coefficient (Wildman–Crippen LogP) is 3.05. The van der Waals surface area contributed by atoms with Crippen molar-refractivity contribution in [3.8, 4) is 11.5 Å². The number of carbonyl (C=O) groups is 1. The van der Waals surface area contributed by atoms with E-state index in [1.165, 1.54) is 0 Å². The molecule has 4 nitrogen and oxygen atoms in total. The molecule has 18 heavy (non-hydrogen) atoms. The van der Waals surface area contributed by atoms with Gasteiger partial charge in [0.25, 0.3) is 0 Å². The summed E-state index contributed by atoms with van der Waals surface area (Å²) in [5.41, 5.74) is 0.669. The number of halogens is 1. The number of alkyl halides is 1. The number of amides is 1. The Kier molecular flexibility index (Phi) is 6.36. The zero-order valence-corrected chi connectivity index (χ0v) is 11.4. The van der Waals surface area contributed by atoms with Crippen LogP contribution in [0.4, 0.5) is 5.69 Å². The van der Waals surface area contributed by atoms with Gasteiger partial charge in [0.2, 0.25) is 5.91 Å². The largest absolute Gasteiger partial charge is 0.497 e. The van der Waals surface area contributed by atoms with Crippen LogP contribution in [0.1, 0.15) is 19.3 Å². The molecule has 1 amide bonds. The zero-order valence-electron chi connectivity index (χ0n) is 10.7. The van der Waals surface area contributed by atoms with Gasteiger partial charge in [0.05, 0.1) is 14.2 Å². The zero-order chi connectivity index (χ0) is 13.4. The molecule has 0 aliphatic carbocycles. The van der Waals surface area contributed by atoms with Crippen molar-refractivity contribution < 1.29 is 14.3 Å². The number of hydrogen-bond donors (Lipinski definition) is 1. The summed E-state index contributed by atoms with van der Waals surface area (Å²) in [4.78, 5) is 11.7. The number of hydrogen-bond acceptors (Lipinski definition) is 3. The first-order valence-corrected chi connectivity index (χ1v) is 6.32. The molecule has 0 atom stereocenters. The van der Waals surface area contributed by atoms with Gasteiger partial charge in [-0.2, -0.15) is 0 Å². The fraction of sp³-hybridized carbons (Fsp3) is 0.462. The summed E-state index contributed by atoms with van der Waals surface area (Å²) in [6.07, 6.45) is 2.10. The molecule has 0 spiro atoms. The molecule has 1 rings (SSSR count). The maximum atomic E-state index is 11.7. The quantitative estimate of drug-likeness (QED) is 0.612. The minimum atomic E-state index is -0.0320. The lowest BCUT2D eigenvalue weighted by Gasteiger charge is -2.09. The Balaban J connectivity index is 2.62. The van der Waals surface area contributed by atoms with Crippen molar-refractivity contribution in [2.45, 2.75) is 19.3 Å². The Morgan fingerprint density at radius 1 is 1.17 bits per heavy atom. The number of unbranched alkanes of at least 4 members (excludes halogenated alkanes) is 1. The van der Waals surface area contributed by atoms with Crippen LogP contribution in [-0.2, 0) is 4.79 Å². The van der Waals surface area contributed by atoms with Crippen LogP contribution in [0.2, 0.25) is 0 Å².